The van der Waals surface area contributed by atoms with Crippen LogP contribution in [0.25, 0.3) is 0 Å². The topological polar surface area (TPSA) is 40.6 Å². The predicted octanol–water partition coefficient (Wildman–Crippen LogP) is 3.07. The van der Waals surface area contributed by atoms with Crippen molar-refractivity contribution in [2.24, 2.45) is 0 Å². The molecule has 0 N–H and O–H groups in total. The third kappa shape index (κ3) is 3.26. The van der Waals surface area contributed by atoms with Crippen LogP contribution in [0.15, 0.2) is 30.3 Å². The molecule has 0 saturated carbocycles. The zero-order valence-corrected chi connectivity index (χ0v) is 15.9. The molecule has 2 heterocycles. The molecule has 2 saturated heterocycles. The van der Waals surface area contributed by atoms with Gasteiger partial charge in [-0.05, 0) is 45.8 Å². The van der Waals surface area contributed by atoms with Gasteiger partial charge >= 0.3 is 0 Å². The Balaban J connectivity index is 2.01. The van der Waals surface area contributed by atoms with Crippen LogP contribution < -0.4 is 0 Å². The van der Waals surface area contributed by atoms with E-state index in [1.807, 2.05) is 10.4 Å². The lowest BCUT2D eigenvalue weighted by molar-refractivity contribution is 0.166. The van der Waals surface area contributed by atoms with Crippen molar-refractivity contribution < 1.29 is 8.42 Å². The number of likely N-dealkylation sites (tertiary alicyclic amines) is 1. The lowest BCUT2D eigenvalue weighted by atomic mass is 9.87. The van der Waals surface area contributed by atoms with Crippen molar-refractivity contribution in [3.8, 4) is 0 Å². The second-order valence-electron chi connectivity index (χ2n) is 7.57. The van der Waals surface area contributed by atoms with Gasteiger partial charge in [-0.3, -0.25) is 0 Å². The van der Waals surface area contributed by atoms with Gasteiger partial charge in [0.2, 0.25) is 10.0 Å². The minimum atomic E-state index is -3.23. The van der Waals surface area contributed by atoms with E-state index >= 15 is 0 Å². The van der Waals surface area contributed by atoms with Crippen LogP contribution in [0, 0.1) is 0 Å². The molecule has 24 heavy (non-hydrogen) atoms. The van der Waals surface area contributed by atoms with Gasteiger partial charge in [-0.1, -0.05) is 43.2 Å². The van der Waals surface area contributed by atoms with Crippen molar-refractivity contribution in [1.29, 1.82) is 0 Å². The average molecular weight is 351 g/mol. The summed E-state index contributed by atoms with van der Waals surface area (Å²) in [5, 5.41) is -0.358. The molecular weight excluding hydrogens is 320 g/mol. The number of hydrogen-bond acceptors (Lipinski definition) is 3. The van der Waals surface area contributed by atoms with Crippen LogP contribution in [-0.2, 0) is 10.0 Å². The van der Waals surface area contributed by atoms with Crippen molar-refractivity contribution in [3.05, 3.63) is 35.9 Å². The second kappa shape index (κ2) is 7.14. The minimum Gasteiger partial charge on any atom is -0.301 e. The summed E-state index contributed by atoms with van der Waals surface area (Å²) >= 11 is 0. The largest absolute Gasteiger partial charge is 0.301 e. The zero-order chi connectivity index (χ0) is 17.3. The number of benzene rings is 1. The number of sulfonamides is 1. The maximum atomic E-state index is 13.0. The van der Waals surface area contributed by atoms with Crippen LogP contribution in [0.2, 0.25) is 0 Å². The van der Waals surface area contributed by atoms with Crippen LogP contribution >= 0.6 is 0 Å². The van der Waals surface area contributed by atoms with Gasteiger partial charge in [0.1, 0.15) is 0 Å². The fourth-order valence-electron chi connectivity index (χ4n) is 4.40. The second-order valence-corrected chi connectivity index (χ2v) is 10.0. The van der Waals surface area contributed by atoms with E-state index in [1.165, 1.54) is 18.4 Å². The third-order valence-corrected chi connectivity index (χ3v) is 7.99. The average Bonchev–Trinajstić information content (AvgIpc) is 2.92. The van der Waals surface area contributed by atoms with Gasteiger partial charge < -0.3 is 4.90 Å². The standard InChI is InChI=1S/C19H30N2O2S/c1-15(2)24(22,23)21-14-17(16-10-6-4-7-11-16)19-18(21)12-8-5-9-13-20(19)3/h4,6-7,10-11,15,17-19H,5,8-9,12-14H2,1-3H3/t17-,18+,19-/m0/s1. The number of hydrogen-bond donors (Lipinski definition) is 0. The van der Waals surface area contributed by atoms with Crippen LogP contribution in [0.4, 0.5) is 0 Å². The highest BCUT2D eigenvalue weighted by molar-refractivity contribution is 7.89. The van der Waals surface area contributed by atoms with Gasteiger partial charge in [-0.25, -0.2) is 8.42 Å². The SMILES string of the molecule is CC(C)S(=O)(=O)N1C[C@@H](c2ccccc2)[C@H]2[C@H]1CCCCCN2C. The van der Waals surface area contributed by atoms with Gasteiger partial charge in [-0.2, -0.15) is 4.31 Å². The first-order chi connectivity index (χ1) is 11.4. The monoisotopic (exact) mass is 350 g/mol. The van der Waals surface area contributed by atoms with Gasteiger partial charge in [0, 0.05) is 24.5 Å². The lowest BCUT2D eigenvalue weighted by Gasteiger charge is -2.37. The molecule has 2 aliphatic heterocycles. The summed E-state index contributed by atoms with van der Waals surface area (Å²) in [6, 6.07) is 10.8. The Bertz CT molecular complexity index is 645. The van der Waals surface area contributed by atoms with E-state index in [0.29, 0.717) is 6.54 Å². The first kappa shape index (κ1) is 17.9. The number of fused-ring (bicyclic) bond motifs is 1. The van der Waals surface area contributed by atoms with Gasteiger partial charge in [0.05, 0.1) is 5.25 Å². The summed E-state index contributed by atoms with van der Waals surface area (Å²) in [5.41, 5.74) is 1.27. The van der Waals surface area contributed by atoms with Crippen molar-refractivity contribution in [3.63, 3.8) is 0 Å². The molecule has 0 amide bonds. The van der Waals surface area contributed by atoms with Gasteiger partial charge in [0.15, 0.2) is 0 Å². The molecular formula is C19H30N2O2S. The smallest absolute Gasteiger partial charge is 0.216 e. The molecule has 0 aromatic heterocycles. The van der Waals surface area contributed by atoms with Crippen molar-refractivity contribution >= 4 is 10.0 Å². The van der Waals surface area contributed by atoms with E-state index in [4.69, 9.17) is 0 Å². The highest BCUT2D eigenvalue weighted by atomic mass is 32.2. The maximum absolute atomic E-state index is 13.0. The predicted molar refractivity (Wildman–Crippen MR) is 98.6 cm³/mol. The fourth-order valence-corrected chi connectivity index (χ4v) is 5.92. The van der Waals surface area contributed by atoms with Crippen LogP contribution in [0.1, 0.15) is 51.0 Å². The van der Waals surface area contributed by atoms with E-state index in [0.717, 1.165) is 19.4 Å². The Kier molecular flexibility index (Phi) is 5.33. The molecule has 2 fully saturated rings. The number of nitrogens with zero attached hydrogens (tertiary/aromatic N) is 2. The Morgan fingerprint density at radius 2 is 1.79 bits per heavy atom. The molecule has 5 heteroatoms. The summed E-state index contributed by atoms with van der Waals surface area (Å²) in [6.07, 6.45) is 4.50. The van der Waals surface area contributed by atoms with E-state index in [-0.39, 0.29) is 23.3 Å². The first-order valence-corrected chi connectivity index (χ1v) is 10.7. The molecule has 3 atom stereocenters. The highest BCUT2D eigenvalue weighted by Crippen LogP contribution is 2.40. The molecule has 3 rings (SSSR count). The minimum absolute atomic E-state index is 0.105. The summed E-state index contributed by atoms with van der Waals surface area (Å²) in [7, 11) is -1.06. The summed E-state index contributed by atoms with van der Waals surface area (Å²) in [6.45, 7) is 5.27. The lowest BCUT2D eigenvalue weighted by Crippen LogP contribution is -2.48. The molecule has 134 valence electrons. The van der Waals surface area contributed by atoms with E-state index in [1.54, 1.807) is 13.8 Å². The third-order valence-electron chi connectivity index (χ3n) is 5.72. The Morgan fingerprint density at radius 1 is 1.08 bits per heavy atom. The quantitative estimate of drug-likeness (QED) is 0.841. The van der Waals surface area contributed by atoms with Gasteiger partial charge in [-0.15, -0.1) is 0 Å². The highest BCUT2D eigenvalue weighted by Gasteiger charge is 2.49. The van der Waals surface area contributed by atoms with Crippen molar-refractivity contribution in [1.82, 2.24) is 9.21 Å². The molecule has 2 aliphatic rings. The Morgan fingerprint density at radius 3 is 2.46 bits per heavy atom. The summed E-state index contributed by atoms with van der Waals surface area (Å²) in [4.78, 5) is 2.41. The Hall–Kier alpha value is -0.910. The molecule has 0 aliphatic carbocycles. The van der Waals surface area contributed by atoms with E-state index in [9.17, 15) is 8.42 Å². The molecule has 0 spiro atoms. The molecule has 1 aromatic rings. The zero-order valence-electron chi connectivity index (χ0n) is 15.1. The van der Waals surface area contributed by atoms with Crippen molar-refractivity contribution in [2.75, 3.05) is 20.1 Å². The van der Waals surface area contributed by atoms with Gasteiger partial charge in [0.25, 0.3) is 0 Å². The summed E-state index contributed by atoms with van der Waals surface area (Å²) < 4.78 is 27.8. The number of rotatable bonds is 3. The molecule has 0 radical (unpaired) electrons. The molecule has 4 nitrogen and oxygen atoms in total. The molecule has 1 aromatic carbocycles. The maximum Gasteiger partial charge on any atom is 0.216 e. The first-order valence-electron chi connectivity index (χ1n) is 9.18. The molecule has 0 bridgehead atoms. The molecule has 0 unspecified atom stereocenters. The number of likely N-dealkylation sites (N-methyl/N-ethyl adjacent to an activating group) is 1. The Labute approximate surface area is 146 Å². The normalized spacial score (nSPS) is 30.1. The van der Waals surface area contributed by atoms with Crippen LogP contribution in [-0.4, -0.2) is 55.1 Å². The van der Waals surface area contributed by atoms with E-state index in [2.05, 4.69) is 36.2 Å². The van der Waals surface area contributed by atoms with Crippen LogP contribution in [0.3, 0.4) is 0 Å². The summed E-state index contributed by atoms with van der Waals surface area (Å²) in [5.74, 6) is 0.257. The fraction of sp³-hybridized carbons (Fsp3) is 0.684. The van der Waals surface area contributed by atoms with Crippen LogP contribution in [0.5, 0.6) is 0 Å². The van der Waals surface area contributed by atoms with Crippen molar-refractivity contribution in [2.45, 2.75) is 62.8 Å². The van der Waals surface area contributed by atoms with E-state index < -0.39 is 10.0 Å².